The molecule has 0 aliphatic carbocycles. The van der Waals surface area contributed by atoms with E-state index in [0.29, 0.717) is 16.8 Å². The smallest absolute Gasteiger partial charge is 0.261 e. The standard InChI is InChI=1S/C16H11ClN2O3S/c17-23(21,22)12-7-5-11(6-8-12)18-19-15-9-10-16(20)14-4-2-1-3-13(14)15/h1-10,20H. The molecule has 3 aromatic carbocycles. The number of nitrogens with zero attached hydrogens (tertiary/aromatic N) is 2. The second kappa shape index (κ2) is 5.98. The van der Waals surface area contributed by atoms with Crippen LogP contribution in [0.25, 0.3) is 10.8 Å². The summed E-state index contributed by atoms with van der Waals surface area (Å²) in [7, 11) is 1.51. The first-order valence-electron chi connectivity index (χ1n) is 6.62. The van der Waals surface area contributed by atoms with Gasteiger partial charge in [-0.3, -0.25) is 0 Å². The molecule has 0 aliphatic rings. The van der Waals surface area contributed by atoms with Gasteiger partial charge in [0.05, 0.1) is 16.3 Å². The van der Waals surface area contributed by atoms with E-state index in [2.05, 4.69) is 10.2 Å². The number of hydrogen-bond acceptors (Lipinski definition) is 5. The van der Waals surface area contributed by atoms with Gasteiger partial charge in [-0.1, -0.05) is 24.3 Å². The minimum Gasteiger partial charge on any atom is -0.507 e. The van der Waals surface area contributed by atoms with Gasteiger partial charge < -0.3 is 5.11 Å². The van der Waals surface area contributed by atoms with Gasteiger partial charge in [0.1, 0.15) is 5.75 Å². The largest absolute Gasteiger partial charge is 0.507 e. The highest BCUT2D eigenvalue weighted by molar-refractivity contribution is 8.13. The minimum atomic E-state index is -3.75. The van der Waals surface area contributed by atoms with Crippen LogP contribution in [0.2, 0.25) is 0 Å². The molecule has 5 nitrogen and oxygen atoms in total. The zero-order valence-electron chi connectivity index (χ0n) is 11.7. The summed E-state index contributed by atoms with van der Waals surface area (Å²) in [5.74, 6) is 0.177. The molecule has 0 fully saturated rings. The second-order valence-corrected chi connectivity index (χ2v) is 7.35. The number of fused-ring (bicyclic) bond motifs is 1. The van der Waals surface area contributed by atoms with Gasteiger partial charge in [0, 0.05) is 21.5 Å². The second-order valence-electron chi connectivity index (χ2n) is 4.78. The quantitative estimate of drug-likeness (QED) is 0.541. The van der Waals surface area contributed by atoms with E-state index in [1.807, 2.05) is 18.2 Å². The number of phenols is 1. The van der Waals surface area contributed by atoms with Crippen molar-refractivity contribution >= 4 is 41.9 Å². The molecule has 0 radical (unpaired) electrons. The molecule has 3 aromatic rings. The van der Waals surface area contributed by atoms with Gasteiger partial charge in [0.25, 0.3) is 9.05 Å². The molecule has 1 N–H and O–H groups in total. The highest BCUT2D eigenvalue weighted by Crippen LogP contribution is 2.33. The highest BCUT2D eigenvalue weighted by atomic mass is 35.7. The maximum Gasteiger partial charge on any atom is 0.261 e. The fraction of sp³-hybridized carbons (Fsp3) is 0. The van der Waals surface area contributed by atoms with Crippen molar-refractivity contribution in [1.82, 2.24) is 0 Å². The number of benzene rings is 3. The van der Waals surface area contributed by atoms with Crippen LogP contribution >= 0.6 is 10.7 Å². The van der Waals surface area contributed by atoms with Crippen LogP contribution in [-0.4, -0.2) is 13.5 Å². The Morgan fingerprint density at radius 3 is 2.13 bits per heavy atom. The van der Waals surface area contributed by atoms with E-state index in [-0.39, 0.29) is 10.6 Å². The molecule has 0 spiro atoms. The zero-order valence-corrected chi connectivity index (χ0v) is 13.3. The number of halogens is 1. The van der Waals surface area contributed by atoms with Crippen molar-refractivity contribution in [2.75, 3.05) is 0 Å². The average Bonchev–Trinajstić information content (AvgIpc) is 2.54. The van der Waals surface area contributed by atoms with E-state index in [4.69, 9.17) is 10.7 Å². The van der Waals surface area contributed by atoms with Crippen molar-refractivity contribution in [3.63, 3.8) is 0 Å². The van der Waals surface area contributed by atoms with Crippen LogP contribution in [0.3, 0.4) is 0 Å². The molecule has 0 aliphatic heterocycles. The molecular weight excluding hydrogens is 336 g/mol. The lowest BCUT2D eigenvalue weighted by Gasteiger charge is -2.03. The topological polar surface area (TPSA) is 79.1 Å². The van der Waals surface area contributed by atoms with Crippen molar-refractivity contribution in [2.45, 2.75) is 4.90 Å². The molecule has 0 heterocycles. The SMILES string of the molecule is O=S(=O)(Cl)c1ccc(N=Nc2ccc(O)c3ccccc23)cc1. The molecule has 3 rings (SSSR count). The molecule has 116 valence electrons. The van der Waals surface area contributed by atoms with Crippen LogP contribution in [0.4, 0.5) is 11.4 Å². The lowest BCUT2D eigenvalue weighted by Crippen LogP contribution is -1.88. The lowest BCUT2D eigenvalue weighted by molar-refractivity contribution is 0.481. The van der Waals surface area contributed by atoms with E-state index in [1.54, 1.807) is 18.2 Å². The van der Waals surface area contributed by atoms with Gasteiger partial charge in [-0.05, 0) is 36.4 Å². The number of rotatable bonds is 3. The molecule has 0 saturated carbocycles. The molecule has 0 aromatic heterocycles. The van der Waals surface area contributed by atoms with Crippen LogP contribution in [0, 0.1) is 0 Å². The summed E-state index contributed by atoms with van der Waals surface area (Å²) < 4.78 is 22.4. The first-order valence-corrected chi connectivity index (χ1v) is 8.93. The first-order chi connectivity index (χ1) is 10.9. The zero-order chi connectivity index (χ0) is 16.4. The van der Waals surface area contributed by atoms with Gasteiger partial charge >= 0.3 is 0 Å². The number of phenolic OH excluding ortho intramolecular Hbond substituents is 1. The van der Waals surface area contributed by atoms with Gasteiger partial charge in [0.15, 0.2) is 0 Å². The fourth-order valence-electron chi connectivity index (χ4n) is 2.14. The third-order valence-electron chi connectivity index (χ3n) is 3.27. The molecule has 0 saturated heterocycles. The van der Waals surface area contributed by atoms with E-state index in [9.17, 15) is 13.5 Å². The Balaban J connectivity index is 1.96. The summed E-state index contributed by atoms with van der Waals surface area (Å²) in [5, 5.41) is 19.6. The van der Waals surface area contributed by atoms with Crippen molar-refractivity contribution in [1.29, 1.82) is 0 Å². The molecule has 0 atom stereocenters. The predicted molar refractivity (Wildman–Crippen MR) is 89.3 cm³/mol. The van der Waals surface area contributed by atoms with Crippen LogP contribution in [-0.2, 0) is 9.05 Å². The number of aromatic hydroxyl groups is 1. The van der Waals surface area contributed by atoms with Crippen LogP contribution < -0.4 is 0 Å². The van der Waals surface area contributed by atoms with Crippen molar-refractivity contribution in [2.24, 2.45) is 10.2 Å². The van der Waals surface area contributed by atoms with Crippen LogP contribution in [0.1, 0.15) is 0 Å². The summed E-state index contributed by atoms with van der Waals surface area (Å²) >= 11 is 0. The number of azo groups is 1. The predicted octanol–water partition coefficient (Wildman–Crippen LogP) is 4.89. The van der Waals surface area contributed by atoms with Crippen molar-refractivity contribution in [3.8, 4) is 5.75 Å². The number of hydrogen-bond donors (Lipinski definition) is 1. The first kappa shape index (κ1) is 15.5. The van der Waals surface area contributed by atoms with E-state index < -0.39 is 9.05 Å². The summed E-state index contributed by atoms with van der Waals surface area (Å²) in [6.07, 6.45) is 0. The minimum absolute atomic E-state index is 0.00759. The molecule has 0 unspecified atom stereocenters. The molecule has 7 heteroatoms. The Bertz CT molecular complexity index is 1000. The van der Waals surface area contributed by atoms with Gasteiger partial charge in [0.2, 0.25) is 0 Å². The van der Waals surface area contributed by atoms with E-state index in [1.165, 1.54) is 24.3 Å². The fourth-order valence-corrected chi connectivity index (χ4v) is 2.91. The molecule has 23 heavy (non-hydrogen) atoms. The van der Waals surface area contributed by atoms with Gasteiger partial charge in [-0.2, -0.15) is 5.11 Å². The van der Waals surface area contributed by atoms with Crippen LogP contribution in [0.5, 0.6) is 5.75 Å². The maximum atomic E-state index is 11.2. The highest BCUT2D eigenvalue weighted by Gasteiger charge is 2.09. The van der Waals surface area contributed by atoms with E-state index in [0.717, 1.165) is 5.39 Å². The summed E-state index contributed by atoms with van der Waals surface area (Å²) in [6.45, 7) is 0. The molecule has 0 amide bonds. The third kappa shape index (κ3) is 3.33. The Labute approximate surface area is 137 Å². The lowest BCUT2D eigenvalue weighted by atomic mass is 10.1. The Morgan fingerprint density at radius 2 is 1.48 bits per heavy atom. The third-order valence-corrected chi connectivity index (χ3v) is 4.64. The molecule has 0 bridgehead atoms. The summed E-state index contributed by atoms with van der Waals surface area (Å²) in [6, 6.07) is 16.3. The van der Waals surface area contributed by atoms with Crippen molar-refractivity contribution in [3.05, 3.63) is 60.7 Å². The van der Waals surface area contributed by atoms with Crippen LogP contribution in [0.15, 0.2) is 75.8 Å². The summed E-state index contributed by atoms with van der Waals surface area (Å²) in [5.41, 5.74) is 1.10. The maximum absolute atomic E-state index is 11.2. The van der Waals surface area contributed by atoms with Gasteiger partial charge in [-0.15, -0.1) is 5.11 Å². The Morgan fingerprint density at radius 1 is 0.826 bits per heavy atom. The monoisotopic (exact) mass is 346 g/mol. The molecular formula is C16H11ClN2O3S. The van der Waals surface area contributed by atoms with Gasteiger partial charge in [-0.25, -0.2) is 8.42 Å². The average molecular weight is 347 g/mol. The Hall–Kier alpha value is -2.44. The van der Waals surface area contributed by atoms with E-state index >= 15 is 0 Å². The van der Waals surface area contributed by atoms with Crippen molar-refractivity contribution < 1.29 is 13.5 Å². The summed E-state index contributed by atoms with van der Waals surface area (Å²) in [4.78, 5) is 0.00759. The normalized spacial score (nSPS) is 12.0. The Kier molecular flexibility index (Phi) is 4.02.